The van der Waals surface area contributed by atoms with Crippen LogP contribution in [0.5, 0.6) is 5.75 Å². The highest BCUT2D eigenvalue weighted by Gasteiger charge is 2.20. The molecule has 2 aromatic carbocycles. The lowest BCUT2D eigenvalue weighted by Crippen LogP contribution is -2.14. The fourth-order valence-electron chi connectivity index (χ4n) is 2.39. The van der Waals surface area contributed by atoms with Gasteiger partial charge in [0.1, 0.15) is 16.2 Å². The molecule has 3 aromatic rings. The first-order chi connectivity index (χ1) is 11.8. The molecule has 0 atom stereocenters. The SMILES string of the molecule is CCOc1ccc2oc(C(=O)c3ccc(Cl)c(S(N)(=O)=O)c3)cc2c1. The van der Waals surface area contributed by atoms with Gasteiger partial charge in [0.25, 0.3) is 0 Å². The number of carbonyl (C=O) groups excluding carboxylic acids is 1. The number of furan rings is 1. The number of benzene rings is 2. The molecule has 0 saturated carbocycles. The van der Waals surface area contributed by atoms with Crippen molar-refractivity contribution in [2.75, 3.05) is 6.61 Å². The summed E-state index contributed by atoms with van der Waals surface area (Å²) in [6, 6.07) is 10.6. The minimum absolute atomic E-state index is 0.0509. The molecule has 0 radical (unpaired) electrons. The Morgan fingerprint density at radius 3 is 2.64 bits per heavy atom. The van der Waals surface area contributed by atoms with E-state index in [2.05, 4.69) is 0 Å². The molecule has 0 saturated heterocycles. The summed E-state index contributed by atoms with van der Waals surface area (Å²) in [6.45, 7) is 2.40. The topological polar surface area (TPSA) is 99.6 Å². The molecule has 130 valence electrons. The van der Waals surface area contributed by atoms with Crippen LogP contribution in [0.4, 0.5) is 0 Å². The Balaban J connectivity index is 2.02. The average molecular weight is 380 g/mol. The van der Waals surface area contributed by atoms with Crippen molar-refractivity contribution in [1.82, 2.24) is 0 Å². The van der Waals surface area contributed by atoms with E-state index in [0.717, 1.165) is 6.07 Å². The van der Waals surface area contributed by atoms with Crippen LogP contribution >= 0.6 is 11.6 Å². The molecule has 8 heteroatoms. The molecule has 0 amide bonds. The fraction of sp³-hybridized carbons (Fsp3) is 0.118. The van der Waals surface area contributed by atoms with Gasteiger partial charge in [0.15, 0.2) is 5.76 Å². The zero-order chi connectivity index (χ0) is 18.2. The summed E-state index contributed by atoms with van der Waals surface area (Å²) in [4.78, 5) is 12.3. The zero-order valence-corrected chi connectivity index (χ0v) is 14.7. The second-order valence-corrected chi connectivity index (χ2v) is 7.20. The van der Waals surface area contributed by atoms with Crippen molar-refractivity contribution in [3.05, 3.63) is 58.8 Å². The van der Waals surface area contributed by atoms with Crippen molar-refractivity contribution in [2.24, 2.45) is 5.14 Å². The van der Waals surface area contributed by atoms with Crippen molar-refractivity contribution in [3.8, 4) is 5.75 Å². The van der Waals surface area contributed by atoms with Crippen LogP contribution in [0, 0.1) is 0 Å². The van der Waals surface area contributed by atoms with Crippen LogP contribution in [0.3, 0.4) is 0 Å². The first-order valence-corrected chi connectivity index (χ1v) is 9.25. The average Bonchev–Trinajstić information content (AvgIpc) is 2.97. The second kappa shape index (κ2) is 6.51. The number of primary sulfonamides is 1. The Labute approximate surface area is 149 Å². The standard InChI is InChI=1S/C17H14ClNO5S/c1-2-23-12-4-6-14-11(7-12)8-15(24-14)17(20)10-3-5-13(18)16(9-10)25(19,21)22/h3-9H,2H2,1H3,(H2,19,21,22). The van der Waals surface area contributed by atoms with Gasteiger partial charge >= 0.3 is 0 Å². The van der Waals surface area contributed by atoms with Crippen molar-refractivity contribution in [2.45, 2.75) is 11.8 Å². The van der Waals surface area contributed by atoms with E-state index in [1.54, 1.807) is 24.3 Å². The molecule has 0 aliphatic heterocycles. The van der Waals surface area contributed by atoms with Crippen LogP contribution in [0.2, 0.25) is 5.02 Å². The molecular weight excluding hydrogens is 366 g/mol. The Hall–Kier alpha value is -2.35. The van der Waals surface area contributed by atoms with Gasteiger partial charge in [-0.2, -0.15) is 0 Å². The van der Waals surface area contributed by atoms with Crippen LogP contribution in [0.1, 0.15) is 23.0 Å². The van der Waals surface area contributed by atoms with Crippen molar-refractivity contribution in [3.63, 3.8) is 0 Å². The lowest BCUT2D eigenvalue weighted by Gasteiger charge is -2.04. The molecule has 1 aromatic heterocycles. The van der Waals surface area contributed by atoms with E-state index in [4.69, 9.17) is 25.9 Å². The molecule has 0 aliphatic carbocycles. The maximum absolute atomic E-state index is 12.6. The Bertz CT molecular complexity index is 1070. The van der Waals surface area contributed by atoms with Gasteiger partial charge in [-0.25, -0.2) is 13.6 Å². The molecule has 0 aliphatic rings. The van der Waals surface area contributed by atoms with E-state index in [1.165, 1.54) is 12.1 Å². The maximum Gasteiger partial charge on any atom is 0.239 e. The molecule has 6 nitrogen and oxygen atoms in total. The number of sulfonamides is 1. The van der Waals surface area contributed by atoms with Crippen molar-refractivity contribution >= 4 is 38.4 Å². The number of ketones is 1. The zero-order valence-electron chi connectivity index (χ0n) is 13.2. The van der Waals surface area contributed by atoms with Crippen LogP contribution in [-0.4, -0.2) is 20.8 Å². The number of rotatable bonds is 5. The van der Waals surface area contributed by atoms with Gasteiger partial charge < -0.3 is 9.15 Å². The highest BCUT2D eigenvalue weighted by Crippen LogP contribution is 2.27. The van der Waals surface area contributed by atoms with E-state index in [9.17, 15) is 13.2 Å². The Morgan fingerprint density at radius 1 is 1.20 bits per heavy atom. The molecule has 2 N–H and O–H groups in total. The normalized spacial score (nSPS) is 11.6. The summed E-state index contributed by atoms with van der Waals surface area (Å²) < 4.78 is 34.1. The van der Waals surface area contributed by atoms with Gasteiger partial charge in [0, 0.05) is 10.9 Å². The summed E-state index contributed by atoms with van der Waals surface area (Å²) in [5.74, 6) is 0.264. The summed E-state index contributed by atoms with van der Waals surface area (Å²) in [5.41, 5.74) is 0.630. The third kappa shape index (κ3) is 3.53. The van der Waals surface area contributed by atoms with Crippen LogP contribution in [0.15, 0.2) is 51.8 Å². The van der Waals surface area contributed by atoms with E-state index in [0.29, 0.717) is 23.3 Å². The quantitative estimate of drug-likeness (QED) is 0.685. The smallest absolute Gasteiger partial charge is 0.239 e. The number of halogens is 1. The number of nitrogens with two attached hydrogens (primary N) is 1. The summed E-state index contributed by atoms with van der Waals surface area (Å²) in [7, 11) is -4.04. The lowest BCUT2D eigenvalue weighted by molar-refractivity contribution is 0.101. The maximum atomic E-state index is 12.6. The molecule has 0 bridgehead atoms. The van der Waals surface area contributed by atoms with Crippen molar-refractivity contribution in [1.29, 1.82) is 0 Å². The minimum Gasteiger partial charge on any atom is -0.494 e. The largest absolute Gasteiger partial charge is 0.494 e. The van der Waals surface area contributed by atoms with Gasteiger partial charge in [-0.3, -0.25) is 4.79 Å². The van der Waals surface area contributed by atoms with Crippen molar-refractivity contribution < 1.29 is 22.4 Å². The van der Waals surface area contributed by atoms with Gasteiger partial charge in [0.2, 0.25) is 15.8 Å². The predicted octanol–water partition coefficient (Wildman–Crippen LogP) is 3.36. The third-order valence-corrected chi connectivity index (χ3v) is 4.91. The van der Waals surface area contributed by atoms with Gasteiger partial charge in [-0.1, -0.05) is 11.6 Å². The third-order valence-electron chi connectivity index (χ3n) is 3.52. The first-order valence-electron chi connectivity index (χ1n) is 7.33. The highest BCUT2D eigenvalue weighted by molar-refractivity contribution is 7.89. The number of carbonyl (C=O) groups is 1. The van der Waals surface area contributed by atoms with Gasteiger partial charge in [0.05, 0.1) is 11.6 Å². The Morgan fingerprint density at radius 2 is 1.96 bits per heavy atom. The Kier molecular flexibility index (Phi) is 4.55. The molecule has 25 heavy (non-hydrogen) atoms. The van der Waals surface area contributed by atoms with Crippen LogP contribution in [-0.2, 0) is 10.0 Å². The lowest BCUT2D eigenvalue weighted by atomic mass is 10.1. The molecule has 3 rings (SSSR count). The molecule has 1 heterocycles. The van der Waals surface area contributed by atoms with E-state index in [1.807, 2.05) is 6.92 Å². The summed E-state index contributed by atoms with van der Waals surface area (Å²) >= 11 is 5.84. The van der Waals surface area contributed by atoms with Gasteiger partial charge in [-0.15, -0.1) is 0 Å². The monoisotopic (exact) mass is 379 g/mol. The number of fused-ring (bicyclic) bond motifs is 1. The molecule has 0 fully saturated rings. The van der Waals surface area contributed by atoms with Gasteiger partial charge in [-0.05, 0) is 49.4 Å². The minimum atomic E-state index is -4.04. The number of ether oxygens (including phenoxy) is 1. The predicted molar refractivity (Wildman–Crippen MR) is 93.6 cm³/mol. The molecule has 0 unspecified atom stereocenters. The fourth-order valence-corrected chi connectivity index (χ4v) is 3.47. The molecular formula is C17H14ClNO5S. The highest BCUT2D eigenvalue weighted by atomic mass is 35.5. The first kappa shape index (κ1) is 17.5. The number of hydrogen-bond donors (Lipinski definition) is 1. The molecule has 0 spiro atoms. The van der Waals surface area contributed by atoms with Crippen LogP contribution < -0.4 is 9.88 Å². The summed E-state index contributed by atoms with van der Waals surface area (Å²) in [5, 5.41) is 5.76. The number of hydrogen-bond acceptors (Lipinski definition) is 5. The second-order valence-electron chi connectivity index (χ2n) is 5.26. The van der Waals surface area contributed by atoms with E-state index >= 15 is 0 Å². The van der Waals surface area contributed by atoms with E-state index < -0.39 is 15.8 Å². The summed E-state index contributed by atoms with van der Waals surface area (Å²) in [6.07, 6.45) is 0. The van der Waals surface area contributed by atoms with E-state index in [-0.39, 0.29) is 21.2 Å². The van der Waals surface area contributed by atoms with Crippen LogP contribution in [0.25, 0.3) is 11.0 Å².